The van der Waals surface area contributed by atoms with E-state index in [9.17, 15) is 0 Å². The van der Waals surface area contributed by atoms with Gasteiger partial charge in [-0.15, -0.1) is 11.8 Å². The van der Waals surface area contributed by atoms with Crippen LogP contribution in [0.15, 0.2) is 41.3 Å². The van der Waals surface area contributed by atoms with Crippen molar-refractivity contribution in [3.05, 3.63) is 42.0 Å². The fourth-order valence-corrected chi connectivity index (χ4v) is 3.36. The van der Waals surface area contributed by atoms with E-state index in [-0.39, 0.29) is 0 Å². The fourth-order valence-electron chi connectivity index (χ4n) is 2.25. The zero-order valence-corrected chi connectivity index (χ0v) is 12.9. The van der Waals surface area contributed by atoms with Crippen LogP contribution in [0.4, 0.5) is 0 Å². The minimum atomic E-state index is 0.679. The predicted octanol–water partition coefficient (Wildman–Crippen LogP) is 4.63. The largest absolute Gasteiger partial charge is 0.312 e. The summed E-state index contributed by atoms with van der Waals surface area (Å²) in [5, 5.41) is 4.16. The summed E-state index contributed by atoms with van der Waals surface area (Å²) in [5.74, 6) is 0.716. The third kappa shape index (κ3) is 5.42. The van der Waals surface area contributed by atoms with E-state index in [4.69, 9.17) is 0 Å². The van der Waals surface area contributed by atoms with Crippen LogP contribution < -0.4 is 5.32 Å². The quantitative estimate of drug-likeness (QED) is 0.759. The van der Waals surface area contributed by atoms with Crippen molar-refractivity contribution in [1.82, 2.24) is 5.32 Å². The van der Waals surface area contributed by atoms with Crippen molar-refractivity contribution < 1.29 is 0 Å². The van der Waals surface area contributed by atoms with E-state index in [1.165, 1.54) is 29.7 Å². The number of hydrogen-bond donors (Lipinski definition) is 1. The maximum absolute atomic E-state index is 3.48. The molecule has 0 spiro atoms. The number of thioether (sulfide) groups is 1. The van der Waals surface area contributed by atoms with E-state index in [0.717, 1.165) is 13.1 Å². The van der Waals surface area contributed by atoms with E-state index < -0.39 is 0 Å². The second kappa shape index (κ2) is 7.76. The molecule has 0 fully saturated rings. The van der Waals surface area contributed by atoms with Gasteiger partial charge in [0.1, 0.15) is 0 Å². The summed E-state index contributed by atoms with van der Waals surface area (Å²) in [6.45, 7) is 6.55. The lowest BCUT2D eigenvalue weighted by Crippen LogP contribution is -2.18. The van der Waals surface area contributed by atoms with Gasteiger partial charge in [-0.2, -0.15) is 0 Å². The molecule has 2 rings (SSSR count). The van der Waals surface area contributed by atoms with Crippen LogP contribution in [-0.4, -0.2) is 11.8 Å². The van der Waals surface area contributed by atoms with Crippen LogP contribution in [0.3, 0.4) is 0 Å². The monoisotopic (exact) mass is 275 g/mol. The van der Waals surface area contributed by atoms with Gasteiger partial charge in [0.15, 0.2) is 0 Å². The highest BCUT2D eigenvalue weighted by Crippen LogP contribution is 2.30. The molecule has 1 N–H and O–H groups in total. The molecule has 0 bridgehead atoms. The molecule has 0 amide bonds. The third-order valence-electron chi connectivity index (χ3n) is 3.30. The van der Waals surface area contributed by atoms with Crippen molar-refractivity contribution in [2.75, 3.05) is 6.54 Å². The Balaban J connectivity index is 1.80. The Morgan fingerprint density at radius 3 is 2.68 bits per heavy atom. The first-order valence-corrected chi connectivity index (χ1v) is 8.25. The van der Waals surface area contributed by atoms with Gasteiger partial charge in [0.05, 0.1) is 0 Å². The van der Waals surface area contributed by atoms with Crippen LogP contribution in [-0.2, 0) is 6.54 Å². The van der Waals surface area contributed by atoms with Gasteiger partial charge in [0, 0.05) is 16.7 Å². The average Bonchev–Trinajstić information content (AvgIpc) is 2.42. The topological polar surface area (TPSA) is 12.0 Å². The number of nitrogens with one attached hydrogen (secondary N) is 1. The molecular weight excluding hydrogens is 250 g/mol. The van der Waals surface area contributed by atoms with Crippen molar-refractivity contribution >= 4 is 11.8 Å². The van der Waals surface area contributed by atoms with E-state index in [1.807, 2.05) is 11.8 Å². The van der Waals surface area contributed by atoms with Gasteiger partial charge in [-0.25, -0.2) is 0 Å². The minimum absolute atomic E-state index is 0.679. The van der Waals surface area contributed by atoms with Crippen molar-refractivity contribution in [3.63, 3.8) is 0 Å². The molecule has 104 valence electrons. The molecule has 0 heterocycles. The lowest BCUT2D eigenvalue weighted by molar-refractivity contribution is 0.552. The molecule has 1 atom stereocenters. The Hall–Kier alpha value is -0.730. The highest BCUT2D eigenvalue weighted by molar-refractivity contribution is 8.00. The van der Waals surface area contributed by atoms with Crippen LogP contribution >= 0.6 is 11.8 Å². The van der Waals surface area contributed by atoms with Crippen LogP contribution in [0.2, 0.25) is 0 Å². The molecule has 19 heavy (non-hydrogen) atoms. The normalized spacial score (nSPS) is 19.0. The summed E-state index contributed by atoms with van der Waals surface area (Å²) in [6.07, 6.45) is 8.61. The summed E-state index contributed by atoms with van der Waals surface area (Å²) in [6, 6.07) is 9.03. The first-order valence-electron chi connectivity index (χ1n) is 7.37. The first-order chi connectivity index (χ1) is 9.24. The summed E-state index contributed by atoms with van der Waals surface area (Å²) in [5.41, 5.74) is 1.38. The van der Waals surface area contributed by atoms with Crippen molar-refractivity contribution in [2.45, 2.75) is 49.8 Å². The molecule has 1 aromatic carbocycles. The number of allylic oxidation sites excluding steroid dienone is 1. The van der Waals surface area contributed by atoms with Gasteiger partial charge in [0.2, 0.25) is 0 Å². The molecule has 1 aliphatic rings. The van der Waals surface area contributed by atoms with Gasteiger partial charge >= 0.3 is 0 Å². The predicted molar refractivity (Wildman–Crippen MR) is 85.6 cm³/mol. The molecule has 1 aliphatic carbocycles. The van der Waals surface area contributed by atoms with Gasteiger partial charge in [0.25, 0.3) is 0 Å². The van der Waals surface area contributed by atoms with Crippen molar-refractivity contribution in [3.8, 4) is 0 Å². The Labute approximate surface area is 121 Å². The molecule has 1 nitrogen and oxygen atoms in total. The van der Waals surface area contributed by atoms with E-state index in [2.05, 4.69) is 55.6 Å². The molecule has 1 aromatic rings. The Morgan fingerprint density at radius 1 is 1.26 bits per heavy atom. The Kier molecular flexibility index (Phi) is 5.99. The first kappa shape index (κ1) is 14.7. The van der Waals surface area contributed by atoms with Crippen LogP contribution in [0.1, 0.15) is 38.7 Å². The second-order valence-corrected chi connectivity index (χ2v) is 7.00. The summed E-state index contributed by atoms with van der Waals surface area (Å²) < 4.78 is 0. The molecule has 0 aromatic heterocycles. The average molecular weight is 275 g/mol. The fraction of sp³-hybridized carbons (Fsp3) is 0.529. The highest BCUT2D eigenvalue weighted by atomic mass is 32.2. The third-order valence-corrected chi connectivity index (χ3v) is 4.54. The van der Waals surface area contributed by atoms with Gasteiger partial charge < -0.3 is 5.32 Å². The second-order valence-electron chi connectivity index (χ2n) is 5.68. The zero-order valence-electron chi connectivity index (χ0n) is 12.1. The van der Waals surface area contributed by atoms with Crippen LogP contribution in [0.5, 0.6) is 0 Å². The molecule has 1 unspecified atom stereocenters. The maximum atomic E-state index is 3.48. The highest BCUT2D eigenvalue weighted by Gasteiger charge is 2.09. The summed E-state index contributed by atoms with van der Waals surface area (Å²) >= 11 is 1.99. The molecule has 2 heteroatoms. The standard InChI is InChI=1S/C17H25NS/c1-14(2)12-18-13-15-8-10-17(11-9-15)19-16-6-4-3-5-7-16/h4,6,8-11,14,16,18H,3,5,7,12-13H2,1-2H3. The SMILES string of the molecule is CC(C)CNCc1ccc(SC2C=CCCC2)cc1. The van der Waals surface area contributed by atoms with Crippen LogP contribution in [0, 0.1) is 5.92 Å². The minimum Gasteiger partial charge on any atom is -0.312 e. The number of benzene rings is 1. The smallest absolute Gasteiger partial charge is 0.0274 e. The van der Waals surface area contributed by atoms with Gasteiger partial charge in [-0.1, -0.05) is 38.1 Å². The van der Waals surface area contributed by atoms with Gasteiger partial charge in [-0.3, -0.25) is 0 Å². The molecular formula is C17H25NS. The molecule has 0 saturated carbocycles. The van der Waals surface area contributed by atoms with Crippen LogP contribution in [0.25, 0.3) is 0 Å². The van der Waals surface area contributed by atoms with E-state index in [1.54, 1.807) is 0 Å². The molecule has 0 saturated heterocycles. The van der Waals surface area contributed by atoms with E-state index >= 15 is 0 Å². The van der Waals surface area contributed by atoms with E-state index in [0.29, 0.717) is 11.2 Å². The molecule has 0 radical (unpaired) electrons. The lowest BCUT2D eigenvalue weighted by atomic mass is 10.1. The molecule has 0 aliphatic heterocycles. The summed E-state index contributed by atoms with van der Waals surface area (Å²) in [7, 11) is 0. The Morgan fingerprint density at radius 2 is 2.05 bits per heavy atom. The maximum Gasteiger partial charge on any atom is 0.0274 e. The Bertz CT molecular complexity index is 394. The van der Waals surface area contributed by atoms with Gasteiger partial charge in [-0.05, 0) is 49.4 Å². The van der Waals surface area contributed by atoms with Crippen molar-refractivity contribution in [1.29, 1.82) is 0 Å². The lowest BCUT2D eigenvalue weighted by Gasteiger charge is -2.16. The van der Waals surface area contributed by atoms with Crippen molar-refractivity contribution in [2.24, 2.45) is 5.92 Å². The number of hydrogen-bond acceptors (Lipinski definition) is 2. The number of rotatable bonds is 6. The zero-order chi connectivity index (χ0) is 13.5. The summed E-state index contributed by atoms with van der Waals surface area (Å²) in [4.78, 5) is 1.39.